The van der Waals surface area contributed by atoms with Crippen LogP contribution in [0.15, 0.2) is 12.4 Å². The van der Waals surface area contributed by atoms with Crippen LogP contribution < -0.4 is 5.32 Å². The lowest BCUT2D eigenvalue weighted by Gasteiger charge is -2.37. The quantitative estimate of drug-likeness (QED) is 0.806. The van der Waals surface area contributed by atoms with E-state index in [1.165, 1.54) is 0 Å². The van der Waals surface area contributed by atoms with Crippen LogP contribution in [0.2, 0.25) is 0 Å². The van der Waals surface area contributed by atoms with E-state index in [1.807, 2.05) is 22.2 Å². The number of hydrogen-bond donors (Lipinski definition) is 1. The second-order valence-corrected chi connectivity index (χ2v) is 7.12. The van der Waals surface area contributed by atoms with E-state index in [9.17, 15) is 9.59 Å². The minimum absolute atomic E-state index is 0.0463. The van der Waals surface area contributed by atoms with E-state index >= 15 is 0 Å². The molecule has 1 aromatic heterocycles. The van der Waals surface area contributed by atoms with Crippen molar-refractivity contribution < 1.29 is 9.59 Å². The van der Waals surface area contributed by atoms with Gasteiger partial charge in [-0.15, -0.1) is 0 Å². The summed E-state index contributed by atoms with van der Waals surface area (Å²) < 4.78 is 2.11. The third kappa shape index (κ3) is 3.49. The number of urea groups is 1. The van der Waals surface area contributed by atoms with E-state index in [2.05, 4.69) is 19.8 Å². The summed E-state index contributed by atoms with van der Waals surface area (Å²) in [6, 6.07) is 0.0463. The first-order valence-electron chi connectivity index (χ1n) is 9.24. The van der Waals surface area contributed by atoms with Crippen LogP contribution in [-0.4, -0.2) is 88.5 Å². The summed E-state index contributed by atoms with van der Waals surface area (Å²) in [5.41, 5.74) is 0. The van der Waals surface area contributed by atoms with Gasteiger partial charge in [-0.3, -0.25) is 9.69 Å². The van der Waals surface area contributed by atoms with Crippen molar-refractivity contribution in [2.24, 2.45) is 5.92 Å². The van der Waals surface area contributed by atoms with Crippen LogP contribution in [0.4, 0.5) is 4.79 Å². The Balaban J connectivity index is 1.23. The number of carbonyl (C=O) groups excluding carboxylic acids is 2. The molecule has 4 heterocycles. The zero-order valence-electron chi connectivity index (χ0n) is 14.6. The van der Waals surface area contributed by atoms with E-state index in [-0.39, 0.29) is 17.9 Å². The molecule has 3 aliphatic heterocycles. The Bertz CT molecular complexity index is 637. The molecule has 25 heavy (non-hydrogen) atoms. The molecule has 8 nitrogen and oxygen atoms in total. The Morgan fingerprint density at radius 3 is 2.80 bits per heavy atom. The summed E-state index contributed by atoms with van der Waals surface area (Å²) in [6.45, 7) is 7.34. The lowest BCUT2D eigenvalue weighted by atomic mass is 9.97. The first-order valence-corrected chi connectivity index (χ1v) is 9.24. The smallest absolute Gasteiger partial charge is 0.317 e. The summed E-state index contributed by atoms with van der Waals surface area (Å²) in [4.78, 5) is 34.9. The van der Waals surface area contributed by atoms with Crippen LogP contribution in [0, 0.1) is 5.92 Å². The minimum Gasteiger partial charge on any atom is -0.340 e. The lowest BCUT2D eigenvalue weighted by Crippen LogP contribution is -2.52. The highest BCUT2D eigenvalue weighted by Gasteiger charge is 2.30. The SMILES string of the molecule is O=C1NCCN1CCN1CCN(C(=O)C2CCc3nccn3C2)CC1. The maximum atomic E-state index is 12.8. The molecule has 1 atom stereocenters. The molecule has 0 saturated carbocycles. The fraction of sp³-hybridized carbons (Fsp3) is 0.706. The molecule has 0 aromatic carbocycles. The van der Waals surface area contributed by atoms with Gasteiger partial charge in [-0.25, -0.2) is 9.78 Å². The van der Waals surface area contributed by atoms with E-state index in [4.69, 9.17) is 0 Å². The Morgan fingerprint density at radius 1 is 1.20 bits per heavy atom. The number of fused-ring (bicyclic) bond motifs is 1. The van der Waals surface area contributed by atoms with Crippen molar-refractivity contribution in [1.82, 2.24) is 29.6 Å². The molecule has 8 heteroatoms. The molecule has 0 bridgehead atoms. The van der Waals surface area contributed by atoms with E-state index in [0.29, 0.717) is 0 Å². The van der Waals surface area contributed by atoms with E-state index in [1.54, 1.807) is 0 Å². The van der Waals surface area contributed by atoms with Gasteiger partial charge in [-0.1, -0.05) is 0 Å². The highest BCUT2D eigenvalue weighted by molar-refractivity contribution is 5.79. The van der Waals surface area contributed by atoms with Gasteiger partial charge in [0.05, 0.1) is 5.92 Å². The Hall–Kier alpha value is -2.09. The normalized spacial score (nSPS) is 24.3. The van der Waals surface area contributed by atoms with Crippen molar-refractivity contribution in [3.8, 4) is 0 Å². The molecule has 1 aromatic rings. The summed E-state index contributed by atoms with van der Waals surface area (Å²) in [5, 5.41) is 2.83. The molecule has 4 rings (SSSR count). The van der Waals surface area contributed by atoms with Gasteiger partial charge in [0, 0.05) is 77.7 Å². The number of hydrogen-bond acceptors (Lipinski definition) is 4. The first-order chi connectivity index (χ1) is 12.2. The molecule has 0 radical (unpaired) electrons. The molecular formula is C17H26N6O2. The van der Waals surface area contributed by atoms with E-state index in [0.717, 1.165) is 77.6 Å². The predicted octanol–water partition coefficient (Wildman–Crippen LogP) is -0.385. The van der Waals surface area contributed by atoms with Crippen molar-refractivity contribution in [2.75, 3.05) is 52.4 Å². The standard InChI is InChI=1S/C17H26N6O2/c24-16(14-1-2-15-18-3-6-23(15)13-14)21-10-7-20(8-11-21)9-12-22-5-4-19-17(22)25/h3,6,14H,1-2,4-5,7-13H2,(H,19,25). The van der Waals surface area contributed by atoms with Crippen molar-refractivity contribution in [2.45, 2.75) is 19.4 Å². The summed E-state index contributed by atoms with van der Waals surface area (Å²) in [5.74, 6) is 1.47. The number of piperazine rings is 1. The number of amides is 3. The summed E-state index contributed by atoms with van der Waals surface area (Å²) >= 11 is 0. The van der Waals surface area contributed by atoms with Crippen molar-refractivity contribution in [3.05, 3.63) is 18.2 Å². The molecule has 136 valence electrons. The van der Waals surface area contributed by atoms with Gasteiger partial charge in [0.15, 0.2) is 0 Å². The second-order valence-electron chi connectivity index (χ2n) is 7.12. The van der Waals surface area contributed by atoms with Gasteiger partial charge in [0.2, 0.25) is 5.91 Å². The average molecular weight is 346 g/mol. The zero-order chi connectivity index (χ0) is 17.2. The summed E-state index contributed by atoms with van der Waals surface area (Å²) in [6.07, 6.45) is 5.59. The number of nitrogens with zero attached hydrogens (tertiary/aromatic N) is 5. The van der Waals surface area contributed by atoms with Crippen LogP contribution in [0.25, 0.3) is 0 Å². The van der Waals surface area contributed by atoms with Gasteiger partial charge < -0.3 is 19.7 Å². The van der Waals surface area contributed by atoms with Gasteiger partial charge in [-0.05, 0) is 6.42 Å². The molecule has 1 N–H and O–H groups in total. The first kappa shape index (κ1) is 16.4. The molecule has 0 spiro atoms. The third-order valence-electron chi connectivity index (χ3n) is 5.60. The fourth-order valence-electron chi connectivity index (χ4n) is 4.00. The van der Waals surface area contributed by atoms with Crippen LogP contribution in [-0.2, 0) is 17.8 Å². The Labute approximate surface area is 147 Å². The molecular weight excluding hydrogens is 320 g/mol. The Kier molecular flexibility index (Phi) is 4.61. The Morgan fingerprint density at radius 2 is 2.04 bits per heavy atom. The molecule has 3 amide bonds. The minimum atomic E-state index is 0.0463. The number of aryl methyl sites for hydroxylation is 1. The van der Waals surface area contributed by atoms with E-state index < -0.39 is 0 Å². The molecule has 2 fully saturated rings. The van der Waals surface area contributed by atoms with Crippen LogP contribution in [0.1, 0.15) is 12.2 Å². The highest BCUT2D eigenvalue weighted by Crippen LogP contribution is 2.21. The average Bonchev–Trinajstić information content (AvgIpc) is 3.27. The summed E-state index contributed by atoms with van der Waals surface area (Å²) in [7, 11) is 0. The van der Waals surface area contributed by atoms with Gasteiger partial charge in [0.1, 0.15) is 5.82 Å². The van der Waals surface area contributed by atoms with Gasteiger partial charge in [-0.2, -0.15) is 0 Å². The van der Waals surface area contributed by atoms with Gasteiger partial charge >= 0.3 is 6.03 Å². The van der Waals surface area contributed by atoms with Crippen molar-refractivity contribution in [3.63, 3.8) is 0 Å². The van der Waals surface area contributed by atoms with Crippen LogP contribution in [0.5, 0.6) is 0 Å². The number of imidazole rings is 1. The van der Waals surface area contributed by atoms with Crippen LogP contribution in [0.3, 0.4) is 0 Å². The molecule has 0 aliphatic carbocycles. The molecule has 1 unspecified atom stereocenters. The molecule has 3 aliphatic rings. The number of rotatable bonds is 4. The highest BCUT2D eigenvalue weighted by atomic mass is 16.2. The lowest BCUT2D eigenvalue weighted by molar-refractivity contribution is -0.138. The van der Waals surface area contributed by atoms with Crippen molar-refractivity contribution >= 4 is 11.9 Å². The largest absolute Gasteiger partial charge is 0.340 e. The fourth-order valence-corrected chi connectivity index (χ4v) is 4.00. The third-order valence-corrected chi connectivity index (χ3v) is 5.60. The number of nitrogens with one attached hydrogen (secondary N) is 1. The number of carbonyl (C=O) groups is 2. The number of aromatic nitrogens is 2. The maximum absolute atomic E-state index is 12.8. The predicted molar refractivity (Wildman–Crippen MR) is 92.0 cm³/mol. The second kappa shape index (κ2) is 7.03. The van der Waals surface area contributed by atoms with Crippen LogP contribution >= 0.6 is 0 Å². The van der Waals surface area contributed by atoms with Gasteiger partial charge in [0.25, 0.3) is 0 Å². The zero-order valence-corrected chi connectivity index (χ0v) is 14.6. The maximum Gasteiger partial charge on any atom is 0.317 e. The topological polar surface area (TPSA) is 73.7 Å². The van der Waals surface area contributed by atoms with Crippen molar-refractivity contribution in [1.29, 1.82) is 0 Å². The molecule has 2 saturated heterocycles. The monoisotopic (exact) mass is 346 g/mol.